The van der Waals surface area contributed by atoms with E-state index in [1.54, 1.807) is 0 Å². The topological polar surface area (TPSA) is 118 Å². The summed E-state index contributed by atoms with van der Waals surface area (Å²) in [6, 6.07) is 2.25. The van der Waals surface area contributed by atoms with E-state index in [4.69, 9.17) is 10.2 Å². The molecule has 0 fully saturated rings. The average molecular weight is 338 g/mol. The van der Waals surface area contributed by atoms with Crippen molar-refractivity contribution < 1.29 is 26.3 Å². The maximum Gasteiger partial charge on any atom is 0.246 e. The van der Waals surface area contributed by atoms with Gasteiger partial charge >= 0.3 is 0 Å². The molecule has 0 aliphatic heterocycles. The van der Waals surface area contributed by atoms with E-state index in [2.05, 4.69) is 6.58 Å². The monoisotopic (exact) mass is 338 g/mol. The molecule has 0 aromatic heterocycles. The molecule has 0 saturated heterocycles. The number of sulfonamides is 2. The number of aliphatic hydroxyl groups is 1. The zero-order valence-corrected chi connectivity index (χ0v) is 12.6. The van der Waals surface area contributed by atoms with Gasteiger partial charge in [0.1, 0.15) is 10.7 Å². The minimum Gasteiger partial charge on any atom is -0.395 e. The summed E-state index contributed by atoms with van der Waals surface area (Å²) in [6.07, 6.45) is 1.28. The SMILES string of the molecule is C=CCN(CCO)S(=O)(=O)c1ccc(S(N)(=O)=O)cc1F. The van der Waals surface area contributed by atoms with E-state index < -0.39 is 42.3 Å². The fourth-order valence-electron chi connectivity index (χ4n) is 1.57. The summed E-state index contributed by atoms with van der Waals surface area (Å²) in [5.41, 5.74) is 0. The van der Waals surface area contributed by atoms with Crippen molar-refractivity contribution in [3.05, 3.63) is 36.7 Å². The van der Waals surface area contributed by atoms with E-state index in [9.17, 15) is 21.2 Å². The Balaban J connectivity index is 3.35. The van der Waals surface area contributed by atoms with Crippen LogP contribution in [0.2, 0.25) is 0 Å². The molecule has 1 aromatic carbocycles. The Labute approximate surface area is 122 Å². The Kier molecular flexibility index (Phi) is 5.59. The summed E-state index contributed by atoms with van der Waals surface area (Å²) in [5.74, 6) is -1.24. The third-order valence-electron chi connectivity index (χ3n) is 2.53. The van der Waals surface area contributed by atoms with Crippen LogP contribution >= 0.6 is 0 Å². The molecule has 0 aliphatic carbocycles. The smallest absolute Gasteiger partial charge is 0.246 e. The van der Waals surface area contributed by atoms with Crippen molar-refractivity contribution in [2.45, 2.75) is 9.79 Å². The Morgan fingerprint density at radius 3 is 2.38 bits per heavy atom. The molecule has 0 radical (unpaired) electrons. The molecular formula is C11H15FN2O5S2. The van der Waals surface area contributed by atoms with E-state index in [0.29, 0.717) is 6.07 Å². The summed E-state index contributed by atoms with van der Waals surface area (Å²) < 4.78 is 61.4. The Morgan fingerprint density at radius 2 is 1.95 bits per heavy atom. The molecule has 21 heavy (non-hydrogen) atoms. The number of halogens is 1. The molecule has 0 atom stereocenters. The lowest BCUT2D eigenvalue weighted by Gasteiger charge is -2.20. The molecule has 0 bridgehead atoms. The van der Waals surface area contributed by atoms with Gasteiger partial charge in [0, 0.05) is 13.1 Å². The number of nitrogens with zero attached hydrogens (tertiary/aromatic N) is 1. The van der Waals surface area contributed by atoms with Gasteiger partial charge in [0.2, 0.25) is 20.0 Å². The zero-order chi connectivity index (χ0) is 16.3. The van der Waals surface area contributed by atoms with Crippen molar-refractivity contribution in [2.24, 2.45) is 5.14 Å². The van der Waals surface area contributed by atoms with Crippen molar-refractivity contribution in [1.29, 1.82) is 0 Å². The van der Waals surface area contributed by atoms with Crippen LogP contribution in [0.25, 0.3) is 0 Å². The van der Waals surface area contributed by atoms with Crippen LogP contribution in [0.3, 0.4) is 0 Å². The van der Waals surface area contributed by atoms with E-state index >= 15 is 0 Å². The van der Waals surface area contributed by atoms with Crippen LogP contribution in [0.15, 0.2) is 40.6 Å². The molecule has 0 amide bonds. The predicted octanol–water partition coefficient (Wildman–Crippen LogP) is -0.358. The number of aliphatic hydroxyl groups excluding tert-OH is 1. The lowest BCUT2D eigenvalue weighted by molar-refractivity contribution is 0.260. The molecule has 1 aromatic rings. The maximum atomic E-state index is 13.9. The first-order valence-corrected chi connectivity index (χ1v) is 8.67. The number of nitrogens with two attached hydrogens (primary N) is 1. The zero-order valence-electron chi connectivity index (χ0n) is 10.9. The highest BCUT2D eigenvalue weighted by molar-refractivity contribution is 7.89. The second-order valence-electron chi connectivity index (χ2n) is 4.01. The summed E-state index contributed by atoms with van der Waals surface area (Å²) in [5, 5.41) is 13.7. The van der Waals surface area contributed by atoms with Crippen LogP contribution in [0, 0.1) is 5.82 Å². The van der Waals surface area contributed by atoms with Crippen LogP contribution in [0.5, 0.6) is 0 Å². The molecule has 0 aliphatic rings. The lowest BCUT2D eigenvalue weighted by Crippen LogP contribution is -2.34. The van der Waals surface area contributed by atoms with E-state index in [1.165, 1.54) is 6.08 Å². The first-order chi connectivity index (χ1) is 9.64. The quantitative estimate of drug-likeness (QED) is 0.658. The van der Waals surface area contributed by atoms with Gasteiger partial charge in [-0.15, -0.1) is 6.58 Å². The van der Waals surface area contributed by atoms with Gasteiger partial charge in [-0.25, -0.2) is 26.4 Å². The molecule has 118 valence electrons. The average Bonchev–Trinajstić information content (AvgIpc) is 2.37. The molecule has 3 N–H and O–H groups in total. The van der Waals surface area contributed by atoms with Crippen LogP contribution in [0.4, 0.5) is 4.39 Å². The maximum absolute atomic E-state index is 13.9. The summed E-state index contributed by atoms with van der Waals surface area (Å²) in [7, 11) is -8.36. The van der Waals surface area contributed by atoms with Gasteiger partial charge in [-0.2, -0.15) is 4.31 Å². The largest absolute Gasteiger partial charge is 0.395 e. The lowest BCUT2D eigenvalue weighted by atomic mass is 10.3. The minimum atomic E-state index is -4.23. The van der Waals surface area contributed by atoms with Gasteiger partial charge in [-0.05, 0) is 18.2 Å². The third-order valence-corrected chi connectivity index (χ3v) is 5.34. The molecule has 0 unspecified atom stereocenters. The molecular weight excluding hydrogens is 323 g/mol. The Morgan fingerprint density at radius 1 is 1.33 bits per heavy atom. The van der Waals surface area contributed by atoms with Crippen LogP contribution in [0.1, 0.15) is 0 Å². The number of benzene rings is 1. The molecule has 0 spiro atoms. The molecule has 0 saturated carbocycles. The van der Waals surface area contributed by atoms with Crippen molar-refractivity contribution in [1.82, 2.24) is 4.31 Å². The van der Waals surface area contributed by atoms with E-state index in [1.807, 2.05) is 0 Å². The molecule has 0 heterocycles. The normalized spacial score (nSPS) is 12.6. The van der Waals surface area contributed by atoms with Gasteiger partial charge in [-0.1, -0.05) is 6.08 Å². The Hall–Kier alpha value is -1.33. The first kappa shape index (κ1) is 17.7. The highest BCUT2D eigenvalue weighted by atomic mass is 32.2. The summed E-state index contributed by atoms with van der Waals surface area (Å²) in [6.45, 7) is 2.56. The fraction of sp³-hybridized carbons (Fsp3) is 0.273. The second-order valence-corrected chi connectivity index (χ2v) is 7.48. The van der Waals surface area contributed by atoms with Gasteiger partial charge in [-0.3, -0.25) is 0 Å². The number of hydrogen-bond acceptors (Lipinski definition) is 5. The van der Waals surface area contributed by atoms with Crippen LogP contribution < -0.4 is 5.14 Å². The highest BCUT2D eigenvalue weighted by Crippen LogP contribution is 2.21. The fourth-order valence-corrected chi connectivity index (χ4v) is 3.54. The van der Waals surface area contributed by atoms with Crippen molar-refractivity contribution >= 4 is 20.0 Å². The van der Waals surface area contributed by atoms with Crippen molar-refractivity contribution in [2.75, 3.05) is 19.7 Å². The number of hydrogen-bond donors (Lipinski definition) is 2. The second kappa shape index (κ2) is 6.62. The van der Waals surface area contributed by atoms with Gasteiger partial charge in [0.25, 0.3) is 0 Å². The Bertz CT molecular complexity index is 731. The standard InChI is InChI=1S/C11H15FN2O5S2/c1-2-5-14(6-7-15)21(18,19)11-4-3-9(8-10(11)12)20(13,16)17/h2-4,8,15H,1,5-7H2,(H2,13,16,17). The third kappa shape index (κ3) is 4.08. The minimum absolute atomic E-state index is 0.126. The van der Waals surface area contributed by atoms with Gasteiger partial charge in [0.15, 0.2) is 0 Å². The summed E-state index contributed by atoms with van der Waals surface area (Å²) >= 11 is 0. The van der Waals surface area contributed by atoms with E-state index in [-0.39, 0.29) is 13.1 Å². The van der Waals surface area contributed by atoms with Crippen molar-refractivity contribution in [3.8, 4) is 0 Å². The predicted molar refractivity (Wildman–Crippen MR) is 73.8 cm³/mol. The van der Waals surface area contributed by atoms with Crippen LogP contribution in [-0.2, 0) is 20.0 Å². The first-order valence-electron chi connectivity index (χ1n) is 5.69. The molecule has 10 heteroatoms. The summed E-state index contributed by atoms with van der Waals surface area (Å²) in [4.78, 5) is -1.23. The molecule has 1 rings (SSSR count). The highest BCUT2D eigenvalue weighted by Gasteiger charge is 2.27. The van der Waals surface area contributed by atoms with Gasteiger partial charge in [0.05, 0.1) is 11.5 Å². The van der Waals surface area contributed by atoms with Gasteiger partial charge < -0.3 is 5.11 Å². The number of rotatable bonds is 7. The van der Waals surface area contributed by atoms with E-state index in [0.717, 1.165) is 16.4 Å². The number of primary sulfonamides is 1. The molecule has 7 nitrogen and oxygen atoms in total. The van der Waals surface area contributed by atoms with Crippen LogP contribution in [-0.4, -0.2) is 45.9 Å². The van der Waals surface area contributed by atoms with Crippen molar-refractivity contribution in [3.63, 3.8) is 0 Å².